The van der Waals surface area contributed by atoms with Gasteiger partial charge in [-0.1, -0.05) is 30.3 Å². The predicted molar refractivity (Wildman–Crippen MR) is 45.4 cm³/mol. The highest BCUT2D eigenvalue weighted by Crippen LogP contribution is 2.13. The molecule has 0 aromatic heterocycles. The van der Waals surface area contributed by atoms with E-state index in [0.717, 1.165) is 5.56 Å². The van der Waals surface area contributed by atoms with Crippen molar-refractivity contribution in [1.29, 1.82) is 0 Å². The van der Waals surface area contributed by atoms with E-state index in [-0.39, 0.29) is 5.92 Å². The summed E-state index contributed by atoms with van der Waals surface area (Å²) >= 11 is 0. The van der Waals surface area contributed by atoms with E-state index in [2.05, 4.69) is 0 Å². The fourth-order valence-electron chi connectivity index (χ4n) is 0.976. The molecule has 0 aliphatic heterocycles. The van der Waals surface area contributed by atoms with Gasteiger partial charge in [0.05, 0.1) is 6.61 Å². The first-order valence-electron chi connectivity index (χ1n) is 3.64. The van der Waals surface area contributed by atoms with Crippen LogP contribution in [0.15, 0.2) is 30.3 Å². The summed E-state index contributed by atoms with van der Waals surface area (Å²) in [6, 6.07) is 9.94. The highest BCUT2D eigenvalue weighted by atomic mass is 16.5. The molecule has 2 radical (unpaired) electrons. The van der Waals surface area contributed by atoms with E-state index in [4.69, 9.17) is 11.7 Å². The van der Waals surface area contributed by atoms with E-state index < -0.39 is 0 Å². The molecule has 0 saturated carbocycles. The summed E-state index contributed by atoms with van der Waals surface area (Å²) in [6.07, 6.45) is 0. The molecule has 1 aromatic rings. The summed E-state index contributed by atoms with van der Waals surface area (Å²) in [6.45, 7) is 6.35. The Morgan fingerprint density at radius 3 is 2.55 bits per heavy atom. The molecule has 1 nitrogen and oxygen atoms in total. The summed E-state index contributed by atoms with van der Waals surface area (Å²) in [4.78, 5) is 0. The van der Waals surface area contributed by atoms with E-state index in [9.17, 15) is 0 Å². The number of benzene rings is 1. The first-order valence-corrected chi connectivity index (χ1v) is 3.64. The Morgan fingerprint density at radius 2 is 2.00 bits per heavy atom. The molecule has 0 saturated heterocycles. The Labute approximate surface area is 68.0 Å². The Balaban J connectivity index is 2.61. The van der Waals surface area contributed by atoms with Gasteiger partial charge in [0.25, 0.3) is 0 Å². The molecule has 0 aliphatic rings. The third-order valence-electron chi connectivity index (χ3n) is 1.57. The van der Waals surface area contributed by atoms with Crippen molar-refractivity contribution in [2.24, 2.45) is 0 Å². The van der Waals surface area contributed by atoms with Gasteiger partial charge in [0, 0.05) is 13.0 Å². The standard InChI is InChI=1S/C10H12O/c1-9(8-11-2)10-6-4-3-5-7-10/h1,3-7,9H,8H2,2H3/t9-/m0/s1. The largest absolute Gasteiger partial charge is 0.384 e. The van der Waals surface area contributed by atoms with E-state index in [1.807, 2.05) is 30.3 Å². The van der Waals surface area contributed by atoms with E-state index in [1.165, 1.54) is 0 Å². The van der Waals surface area contributed by atoms with Gasteiger partial charge < -0.3 is 4.74 Å². The van der Waals surface area contributed by atoms with Crippen molar-refractivity contribution in [3.63, 3.8) is 0 Å². The van der Waals surface area contributed by atoms with Gasteiger partial charge in [0.2, 0.25) is 0 Å². The van der Waals surface area contributed by atoms with Crippen molar-refractivity contribution in [2.45, 2.75) is 5.92 Å². The van der Waals surface area contributed by atoms with Gasteiger partial charge in [-0.3, -0.25) is 0 Å². The SMILES string of the molecule is [CH][C@@H](COC)c1ccccc1. The molecule has 0 aliphatic carbocycles. The number of hydrogen-bond acceptors (Lipinski definition) is 1. The van der Waals surface area contributed by atoms with Crippen molar-refractivity contribution in [2.75, 3.05) is 13.7 Å². The highest BCUT2D eigenvalue weighted by Gasteiger charge is 2.02. The van der Waals surface area contributed by atoms with Gasteiger partial charge in [-0.05, 0) is 12.5 Å². The lowest BCUT2D eigenvalue weighted by Crippen LogP contribution is -2.01. The molecule has 0 N–H and O–H groups in total. The summed E-state index contributed by atoms with van der Waals surface area (Å²) < 4.78 is 4.93. The van der Waals surface area contributed by atoms with E-state index >= 15 is 0 Å². The zero-order chi connectivity index (χ0) is 8.10. The number of rotatable bonds is 3. The third-order valence-corrected chi connectivity index (χ3v) is 1.57. The maximum atomic E-state index is 5.78. The zero-order valence-electron chi connectivity index (χ0n) is 6.66. The normalized spacial score (nSPS) is 12.9. The molecule has 1 aromatic carbocycles. The van der Waals surface area contributed by atoms with Gasteiger partial charge in [-0.15, -0.1) is 0 Å². The minimum atomic E-state index is 0.00111. The van der Waals surface area contributed by atoms with Crippen LogP contribution in [0.3, 0.4) is 0 Å². The van der Waals surface area contributed by atoms with Crippen molar-refractivity contribution < 1.29 is 4.74 Å². The van der Waals surface area contributed by atoms with Crippen LogP contribution in [0.25, 0.3) is 0 Å². The van der Waals surface area contributed by atoms with Crippen LogP contribution in [0.1, 0.15) is 11.5 Å². The molecule has 11 heavy (non-hydrogen) atoms. The average molecular weight is 148 g/mol. The third kappa shape index (κ3) is 2.35. The van der Waals surface area contributed by atoms with Crippen molar-refractivity contribution >= 4 is 0 Å². The van der Waals surface area contributed by atoms with Gasteiger partial charge in [0.1, 0.15) is 0 Å². The quantitative estimate of drug-likeness (QED) is 0.638. The Hall–Kier alpha value is -0.820. The monoisotopic (exact) mass is 148 g/mol. The van der Waals surface area contributed by atoms with Gasteiger partial charge in [-0.25, -0.2) is 0 Å². The molecule has 0 unspecified atom stereocenters. The molecule has 0 heterocycles. The topological polar surface area (TPSA) is 9.23 Å². The van der Waals surface area contributed by atoms with Gasteiger partial charge >= 0.3 is 0 Å². The smallest absolute Gasteiger partial charge is 0.0533 e. The predicted octanol–water partition coefficient (Wildman–Crippen LogP) is 2.13. The summed E-state index contributed by atoms with van der Waals surface area (Å²) in [5.74, 6) is 0.00111. The van der Waals surface area contributed by atoms with Crippen molar-refractivity contribution in [3.05, 3.63) is 42.8 Å². The highest BCUT2D eigenvalue weighted by molar-refractivity contribution is 5.20. The van der Waals surface area contributed by atoms with Gasteiger partial charge in [-0.2, -0.15) is 0 Å². The first-order chi connectivity index (χ1) is 5.34. The number of hydrogen-bond donors (Lipinski definition) is 0. The molecule has 0 fully saturated rings. The van der Waals surface area contributed by atoms with Crippen LogP contribution in [-0.2, 0) is 4.74 Å². The second kappa shape index (κ2) is 4.14. The second-order valence-corrected chi connectivity index (χ2v) is 2.47. The minimum absolute atomic E-state index is 0.00111. The Morgan fingerprint density at radius 1 is 1.36 bits per heavy atom. The maximum Gasteiger partial charge on any atom is 0.0533 e. The van der Waals surface area contributed by atoms with Crippen molar-refractivity contribution in [1.82, 2.24) is 0 Å². The first kappa shape index (κ1) is 8.28. The zero-order valence-corrected chi connectivity index (χ0v) is 6.66. The molecular formula is C10H12O. The Bertz CT molecular complexity index is 193. The lowest BCUT2D eigenvalue weighted by atomic mass is 10.0. The number of ether oxygens (including phenoxy) is 1. The summed E-state index contributed by atoms with van der Waals surface area (Å²) in [7, 11) is 1.66. The lowest BCUT2D eigenvalue weighted by Gasteiger charge is -2.08. The van der Waals surface area contributed by atoms with Crippen LogP contribution in [0, 0.1) is 6.92 Å². The number of methoxy groups -OCH3 is 1. The fourth-order valence-corrected chi connectivity index (χ4v) is 0.976. The van der Waals surface area contributed by atoms with Crippen LogP contribution < -0.4 is 0 Å². The van der Waals surface area contributed by atoms with Gasteiger partial charge in [0.15, 0.2) is 0 Å². The van der Waals surface area contributed by atoms with Crippen LogP contribution >= 0.6 is 0 Å². The lowest BCUT2D eigenvalue weighted by molar-refractivity contribution is 0.190. The average Bonchev–Trinajstić information content (AvgIpc) is 2.07. The molecule has 1 atom stereocenters. The molecule has 0 bridgehead atoms. The van der Waals surface area contributed by atoms with Crippen LogP contribution in [-0.4, -0.2) is 13.7 Å². The Kier molecular flexibility index (Phi) is 3.12. The van der Waals surface area contributed by atoms with Crippen LogP contribution in [0.5, 0.6) is 0 Å². The maximum absolute atomic E-state index is 5.78. The molecule has 58 valence electrons. The minimum Gasteiger partial charge on any atom is -0.384 e. The molecule has 0 amide bonds. The van der Waals surface area contributed by atoms with Crippen LogP contribution in [0.4, 0.5) is 0 Å². The summed E-state index contributed by atoms with van der Waals surface area (Å²) in [5.41, 5.74) is 1.12. The summed E-state index contributed by atoms with van der Waals surface area (Å²) in [5, 5.41) is 0. The van der Waals surface area contributed by atoms with Crippen molar-refractivity contribution in [3.8, 4) is 0 Å². The fraction of sp³-hybridized carbons (Fsp3) is 0.300. The molecule has 1 heteroatoms. The molecular weight excluding hydrogens is 136 g/mol. The van der Waals surface area contributed by atoms with E-state index in [1.54, 1.807) is 7.11 Å². The second-order valence-electron chi connectivity index (χ2n) is 2.47. The molecule has 1 rings (SSSR count). The van der Waals surface area contributed by atoms with Crippen LogP contribution in [0.2, 0.25) is 0 Å². The van der Waals surface area contributed by atoms with E-state index in [0.29, 0.717) is 6.61 Å². The molecule has 0 spiro atoms.